The molecular weight excluding hydrogens is 300 g/mol. The molecule has 0 saturated carbocycles. The average molecular weight is 331 g/mol. The van der Waals surface area contributed by atoms with Crippen molar-refractivity contribution in [1.82, 2.24) is 0 Å². The Morgan fingerprint density at radius 2 is 1.88 bits per heavy atom. The third-order valence-electron chi connectivity index (χ3n) is 4.75. The summed E-state index contributed by atoms with van der Waals surface area (Å²) in [4.78, 5) is 0. The fourth-order valence-corrected chi connectivity index (χ4v) is 2.73. The molecule has 0 aromatic rings. The van der Waals surface area contributed by atoms with E-state index in [0.717, 1.165) is 12.8 Å². The molecule has 2 aliphatic carbocycles. The molecule has 25 heavy (non-hydrogen) atoms. The van der Waals surface area contributed by atoms with Crippen molar-refractivity contribution >= 4 is 0 Å². The molecule has 0 bridgehead atoms. The van der Waals surface area contributed by atoms with Crippen LogP contribution in [0.5, 0.6) is 0 Å². The van der Waals surface area contributed by atoms with Gasteiger partial charge in [0.1, 0.15) is 0 Å². The van der Waals surface area contributed by atoms with Crippen molar-refractivity contribution in [2.45, 2.75) is 40.5 Å². The molecule has 2 rings (SSSR count). The summed E-state index contributed by atoms with van der Waals surface area (Å²) in [5, 5.41) is 0. The number of hydrogen-bond acceptors (Lipinski definition) is 0. The molecule has 0 heteroatoms. The van der Waals surface area contributed by atoms with E-state index in [0.29, 0.717) is 5.92 Å². The van der Waals surface area contributed by atoms with Crippen LogP contribution in [-0.2, 0) is 0 Å². The van der Waals surface area contributed by atoms with Gasteiger partial charge in [0.25, 0.3) is 0 Å². The third-order valence-corrected chi connectivity index (χ3v) is 4.75. The van der Waals surface area contributed by atoms with E-state index in [2.05, 4.69) is 107 Å². The highest BCUT2D eigenvalue weighted by molar-refractivity contribution is 5.45. The number of allylic oxidation sites excluding steroid dienone is 18. The van der Waals surface area contributed by atoms with E-state index in [4.69, 9.17) is 0 Å². The predicted molar refractivity (Wildman–Crippen MR) is 112 cm³/mol. The first-order chi connectivity index (χ1) is 12.1. The van der Waals surface area contributed by atoms with Gasteiger partial charge in [0, 0.05) is 0 Å². The molecule has 0 heterocycles. The molecule has 0 spiro atoms. The number of hydrogen-bond donors (Lipinski definition) is 0. The van der Waals surface area contributed by atoms with Gasteiger partial charge in [-0.1, -0.05) is 104 Å². The molecule has 0 nitrogen and oxygen atoms in total. The van der Waals surface area contributed by atoms with Crippen LogP contribution in [-0.4, -0.2) is 0 Å². The summed E-state index contributed by atoms with van der Waals surface area (Å²) < 4.78 is 0. The fourth-order valence-electron chi connectivity index (χ4n) is 2.73. The maximum atomic E-state index is 2.30. The lowest BCUT2D eigenvalue weighted by molar-refractivity contribution is 0.864. The van der Waals surface area contributed by atoms with Crippen molar-refractivity contribution in [2.24, 2.45) is 5.92 Å². The summed E-state index contributed by atoms with van der Waals surface area (Å²) in [6.45, 7) is 8.73. The quantitative estimate of drug-likeness (QED) is 0.462. The van der Waals surface area contributed by atoms with Crippen molar-refractivity contribution in [2.75, 3.05) is 0 Å². The summed E-state index contributed by atoms with van der Waals surface area (Å²) in [6, 6.07) is 0. The molecule has 0 aromatic heterocycles. The first-order valence-corrected chi connectivity index (χ1v) is 9.27. The molecule has 0 fully saturated rings. The van der Waals surface area contributed by atoms with Crippen molar-refractivity contribution < 1.29 is 0 Å². The normalized spacial score (nSPS) is 21.8. The summed E-state index contributed by atoms with van der Waals surface area (Å²) in [5.41, 5.74) is 6.62. The summed E-state index contributed by atoms with van der Waals surface area (Å²) in [5.74, 6) is 0.513. The summed E-state index contributed by atoms with van der Waals surface area (Å²) in [6.07, 6.45) is 30.8. The Balaban J connectivity index is 2.05. The van der Waals surface area contributed by atoms with E-state index in [1.165, 1.54) is 27.9 Å². The molecule has 0 radical (unpaired) electrons. The Hall–Kier alpha value is -2.34. The second kappa shape index (κ2) is 9.84. The SMILES string of the molecule is CC=C(C=CC1=CC=CC(C)C(C)=C1)C=CC1=CCC(CC)=CC=C1. The zero-order chi connectivity index (χ0) is 18.1. The molecule has 1 unspecified atom stereocenters. The van der Waals surface area contributed by atoms with Crippen LogP contribution in [0.15, 0.2) is 107 Å². The Labute approximate surface area is 153 Å². The van der Waals surface area contributed by atoms with Gasteiger partial charge in [0.2, 0.25) is 0 Å². The highest BCUT2D eigenvalue weighted by Gasteiger charge is 2.02. The fraction of sp³-hybridized carbons (Fsp3) is 0.280. The van der Waals surface area contributed by atoms with Gasteiger partial charge in [0.15, 0.2) is 0 Å². The van der Waals surface area contributed by atoms with Gasteiger partial charge >= 0.3 is 0 Å². The average Bonchev–Trinajstić information content (AvgIpc) is 2.94. The smallest absolute Gasteiger partial charge is 0.00480 e. The van der Waals surface area contributed by atoms with E-state index in [-0.39, 0.29) is 0 Å². The Bertz CT molecular complexity index is 737. The third kappa shape index (κ3) is 6.23. The van der Waals surface area contributed by atoms with Gasteiger partial charge in [-0.05, 0) is 49.3 Å². The lowest BCUT2D eigenvalue weighted by atomic mass is 10.0. The zero-order valence-electron chi connectivity index (χ0n) is 16.0. The minimum absolute atomic E-state index is 0.513. The van der Waals surface area contributed by atoms with Crippen LogP contribution in [0.25, 0.3) is 0 Å². The molecule has 0 N–H and O–H groups in total. The largest absolute Gasteiger partial charge is 0.0804 e. The topological polar surface area (TPSA) is 0 Å². The van der Waals surface area contributed by atoms with Gasteiger partial charge in [0.05, 0.1) is 0 Å². The van der Waals surface area contributed by atoms with Gasteiger partial charge in [-0.3, -0.25) is 0 Å². The first kappa shape index (κ1) is 19.0. The Morgan fingerprint density at radius 3 is 2.60 bits per heavy atom. The van der Waals surface area contributed by atoms with E-state index < -0.39 is 0 Å². The van der Waals surface area contributed by atoms with Crippen molar-refractivity contribution in [3.8, 4) is 0 Å². The van der Waals surface area contributed by atoms with Crippen LogP contribution in [0, 0.1) is 5.92 Å². The molecule has 130 valence electrons. The molecule has 2 aliphatic rings. The maximum Gasteiger partial charge on any atom is -0.00480 e. The van der Waals surface area contributed by atoms with Gasteiger partial charge < -0.3 is 0 Å². The van der Waals surface area contributed by atoms with E-state index >= 15 is 0 Å². The van der Waals surface area contributed by atoms with Crippen LogP contribution in [0.1, 0.15) is 40.5 Å². The molecule has 1 atom stereocenters. The molecule has 0 amide bonds. The second-order valence-corrected chi connectivity index (χ2v) is 6.63. The highest BCUT2D eigenvalue weighted by Crippen LogP contribution is 2.19. The highest BCUT2D eigenvalue weighted by atomic mass is 14.1. The molecular formula is C25H30. The molecule has 0 aliphatic heterocycles. The second-order valence-electron chi connectivity index (χ2n) is 6.63. The van der Waals surface area contributed by atoms with Crippen LogP contribution in [0.3, 0.4) is 0 Å². The van der Waals surface area contributed by atoms with Gasteiger partial charge in [-0.25, -0.2) is 0 Å². The van der Waals surface area contributed by atoms with Gasteiger partial charge in [-0.2, -0.15) is 0 Å². The summed E-state index contributed by atoms with van der Waals surface area (Å²) >= 11 is 0. The monoisotopic (exact) mass is 330 g/mol. The van der Waals surface area contributed by atoms with Crippen LogP contribution >= 0.6 is 0 Å². The van der Waals surface area contributed by atoms with E-state index in [1.54, 1.807) is 0 Å². The van der Waals surface area contributed by atoms with Crippen LogP contribution < -0.4 is 0 Å². The van der Waals surface area contributed by atoms with Gasteiger partial charge in [-0.15, -0.1) is 0 Å². The minimum Gasteiger partial charge on any atom is -0.0804 e. The number of rotatable bonds is 5. The zero-order valence-corrected chi connectivity index (χ0v) is 16.0. The standard InChI is InChI=1S/C25H30/c1-5-22-10-8-11-24(16-13-22)17-14-23(6-2)15-18-25-12-7-9-20(3)21(4)19-25/h6-12,14-20H,5,13H2,1-4H3. The Morgan fingerprint density at radius 1 is 1.12 bits per heavy atom. The van der Waals surface area contributed by atoms with E-state index in [9.17, 15) is 0 Å². The van der Waals surface area contributed by atoms with Crippen molar-refractivity contribution in [3.05, 3.63) is 107 Å². The minimum atomic E-state index is 0.513. The van der Waals surface area contributed by atoms with E-state index in [1.807, 2.05) is 0 Å². The van der Waals surface area contributed by atoms with Crippen LogP contribution in [0.2, 0.25) is 0 Å². The lowest BCUT2D eigenvalue weighted by Gasteiger charge is -2.04. The van der Waals surface area contributed by atoms with Crippen molar-refractivity contribution in [3.63, 3.8) is 0 Å². The summed E-state index contributed by atoms with van der Waals surface area (Å²) in [7, 11) is 0. The van der Waals surface area contributed by atoms with Crippen LogP contribution in [0.4, 0.5) is 0 Å². The predicted octanol–water partition coefficient (Wildman–Crippen LogP) is 7.35. The molecule has 0 saturated heterocycles. The molecule has 0 aromatic carbocycles. The lowest BCUT2D eigenvalue weighted by Crippen LogP contribution is -1.89. The van der Waals surface area contributed by atoms with Crippen molar-refractivity contribution in [1.29, 1.82) is 0 Å². The maximum absolute atomic E-state index is 2.30. The first-order valence-electron chi connectivity index (χ1n) is 9.27. The Kier molecular flexibility index (Phi) is 7.47.